The molecule has 2 aliphatic heterocycles. The summed E-state index contributed by atoms with van der Waals surface area (Å²) in [6, 6.07) is 8.27. The predicted molar refractivity (Wildman–Crippen MR) is 106 cm³/mol. The van der Waals surface area contributed by atoms with E-state index in [4.69, 9.17) is 4.74 Å². The van der Waals surface area contributed by atoms with E-state index in [0.717, 1.165) is 57.7 Å². The maximum absolute atomic E-state index is 11.6. The molecule has 0 N–H and O–H groups in total. The average Bonchev–Trinajstić information content (AvgIpc) is 3.01. The van der Waals surface area contributed by atoms with E-state index in [-0.39, 0.29) is 11.8 Å². The third-order valence-corrected chi connectivity index (χ3v) is 5.39. The SMILES string of the molecule is CCOc1ccccc1N1CCN(CCCCCN2C(=O)CCC2=O)CC1. The number of rotatable bonds is 9. The van der Waals surface area contributed by atoms with Crippen LogP contribution in [0.5, 0.6) is 5.75 Å². The van der Waals surface area contributed by atoms with Gasteiger partial charge in [-0.05, 0) is 38.4 Å². The highest BCUT2D eigenvalue weighted by atomic mass is 16.5. The highest BCUT2D eigenvalue weighted by molar-refractivity contribution is 6.01. The Bertz CT molecular complexity index is 625. The maximum Gasteiger partial charge on any atom is 0.229 e. The monoisotopic (exact) mass is 373 g/mol. The van der Waals surface area contributed by atoms with Gasteiger partial charge in [-0.15, -0.1) is 0 Å². The largest absolute Gasteiger partial charge is 0.492 e. The first-order valence-corrected chi connectivity index (χ1v) is 10.2. The molecular formula is C21H31N3O3. The van der Waals surface area contributed by atoms with Crippen LogP contribution >= 0.6 is 0 Å². The number of likely N-dealkylation sites (tertiary alicyclic amines) is 1. The maximum atomic E-state index is 11.6. The number of piperazine rings is 1. The fourth-order valence-electron chi connectivity index (χ4n) is 3.86. The van der Waals surface area contributed by atoms with E-state index in [1.165, 1.54) is 10.6 Å². The minimum absolute atomic E-state index is 0.00320. The van der Waals surface area contributed by atoms with E-state index >= 15 is 0 Å². The normalized spacial score (nSPS) is 18.4. The molecule has 3 rings (SSSR count). The van der Waals surface area contributed by atoms with Gasteiger partial charge in [0.15, 0.2) is 0 Å². The Kier molecular flexibility index (Phi) is 7.10. The Hall–Kier alpha value is -2.08. The molecule has 2 fully saturated rings. The standard InChI is InChI=1S/C21H31N3O3/c1-2-27-19-9-5-4-8-18(19)23-16-14-22(15-17-23)12-6-3-7-13-24-20(25)10-11-21(24)26/h4-5,8-9H,2-3,6-7,10-17H2,1H3. The molecule has 0 radical (unpaired) electrons. The van der Waals surface area contributed by atoms with Crippen LogP contribution in [-0.2, 0) is 9.59 Å². The molecule has 2 heterocycles. The number of benzene rings is 1. The number of amides is 2. The summed E-state index contributed by atoms with van der Waals surface area (Å²) >= 11 is 0. The van der Waals surface area contributed by atoms with Crippen molar-refractivity contribution >= 4 is 17.5 Å². The summed E-state index contributed by atoms with van der Waals surface area (Å²) in [4.78, 5) is 29.5. The molecule has 148 valence electrons. The number of anilines is 1. The minimum atomic E-state index is 0.00320. The molecule has 6 heteroatoms. The number of ether oxygens (including phenoxy) is 1. The van der Waals surface area contributed by atoms with E-state index in [1.54, 1.807) is 0 Å². The summed E-state index contributed by atoms with van der Waals surface area (Å²) in [5, 5.41) is 0. The lowest BCUT2D eigenvalue weighted by Crippen LogP contribution is -2.46. The average molecular weight is 373 g/mol. The van der Waals surface area contributed by atoms with Gasteiger partial charge in [-0.25, -0.2) is 0 Å². The molecule has 0 saturated carbocycles. The van der Waals surface area contributed by atoms with Gasteiger partial charge in [0.2, 0.25) is 11.8 Å². The zero-order valence-electron chi connectivity index (χ0n) is 16.4. The molecule has 6 nitrogen and oxygen atoms in total. The highest BCUT2D eigenvalue weighted by Gasteiger charge is 2.27. The fourth-order valence-corrected chi connectivity index (χ4v) is 3.86. The molecule has 0 spiro atoms. The number of unbranched alkanes of at least 4 members (excludes halogenated alkanes) is 2. The van der Waals surface area contributed by atoms with Crippen molar-refractivity contribution in [2.24, 2.45) is 0 Å². The zero-order valence-corrected chi connectivity index (χ0v) is 16.4. The molecule has 1 aromatic rings. The van der Waals surface area contributed by atoms with Crippen molar-refractivity contribution in [3.8, 4) is 5.75 Å². The summed E-state index contributed by atoms with van der Waals surface area (Å²) in [5.41, 5.74) is 1.19. The molecule has 0 atom stereocenters. The second-order valence-electron chi connectivity index (χ2n) is 7.23. The van der Waals surface area contributed by atoms with Crippen LogP contribution in [0.15, 0.2) is 24.3 Å². The molecular weight excluding hydrogens is 342 g/mol. The molecule has 2 amide bonds. The van der Waals surface area contributed by atoms with E-state index in [2.05, 4.69) is 21.9 Å². The first kappa shape index (κ1) is 19.7. The predicted octanol–water partition coefficient (Wildman–Crippen LogP) is 2.53. The molecule has 1 aromatic carbocycles. The smallest absolute Gasteiger partial charge is 0.229 e. The Balaban J connectivity index is 1.34. The number of carbonyl (C=O) groups is 2. The van der Waals surface area contributed by atoms with Crippen LogP contribution in [0.2, 0.25) is 0 Å². The topological polar surface area (TPSA) is 53.1 Å². The summed E-state index contributed by atoms with van der Waals surface area (Å²) in [5.74, 6) is 0.978. The zero-order chi connectivity index (χ0) is 19.1. The van der Waals surface area contributed by atoms with Crippen LogP contribution in [0.3, 0.4) is 0 Å². The number of hydrogen-bond donors (Lipinski definition) is 0. The van der Waals surface area contributed by atoms with Gasteiger partial charge in [0, 0.05) is 45.6 Å². The molecule has 0 bridgehead atoms. The van der Waals surface area contributed by atoms with Crippen LogP contribution in [0.1, 0.15) is 39.0 Å². The van der Waals surface area contributed by atoms with E-state index in [1.807, 2.05) is 19.1 Å². The van der Waals surface area contributed by atoms with Crippen LogP contribution in [0.4, 0.5) is 5.69 Å². The molecule has 2 saturated heterocycles. The number of carbonyl (C=O) groups excluding carboxylic acids is 2. The van der Waals surface area contributed by atoms with Crippen LogP contribution in [0, 0.1) is 0 Å². The quantitative estimate of drug-likeness (QED) is 0.492. The van der Waals surface area contributed by atoms with Crippen molar-refractivity contribution in [1.29, 1.82) is 0 Å². The Morgan fingerprint density at radius 1 is 0.889 bits per heavy atom. The summed E-state index contributed by atoms with van der Waals surface area (Å²) in [6.45, 7) is 8.53. The Morgan fingerprint density at radius 2 is 1.56 bits per heavy atom. The molecule has 27 heavy (non-hydrogen) atoms. The van der Waals surface area contributed by atoms with Gasteiger partial charge in [0.05, 0.1) is 12.3 Å². The van der Waals surface area contributed by atoms with E-state index < -0.39 is 0 Å². The number of para-hydroxylation sites is 2. The molecule has 0 unspecified atom stereocenters. The van der Waals surface area contributed by atoms with Crippen LogP contribution < -0.4 is 9.64 Å². The summed E-state index contributed by atoms with van der Waals surface area (Å²) < 4.78 is 5.76. The lowest BCUT2D eigenvalue weighted by atomic mass is 10.2. The Morgan fingerprint density at radius 3 is 2.26 bits per heavy atom. The van der Waals surface area contributed by atoms with Gasteiger partial charge in [-0.3, -0.25) is 19.4 Å². The van der Waals surface area contributed by atoms with Crippen LogP contribution in [-0.4, -0.2) is 67.5 Å². The van der Waals surface area contributed by atoms with E-state index in [0.29, 0.717) is 26.0 Å². The van der Waals surface area contributed by atoms with Crippen molar-refractivity contribution in [2.75, 3.05) is 50.8 Å². The second kappa shape index (κ2) is 9.74. The summed E-state index contributed by atoms with van der Waals surface area (Å²) in [7, 11) is 0. The van der Waals surface area contributed by atoms with Crippen molar-refractivity contribution in [3.63, 3.8) is 0 Å². The lowest BCUT2D eigenvalue weighted by molar-refractivity contribution is -0.138. The second-order valence-corrected chi connectivity index (χ2v) is 7.23. The number of nitrogens with zero attached hydrogens (tertiary/aromatic N) is 3. The molecule has 0 aliphatic carbocycles. The minimum Gasteiger partial charge on any atom is -0.492 e. The number of hydrogen-bond acceptors (Lipinski definition) is 5. The molecule has 2 aliphatic rings. The number of imide groups is 1. The van der Waals surface area contributed by atoms with Crippen LogP contribution in [0.25, 0.3) is 0 Å². The Labute approximate surface area is 162 Å². The van der Waals surface area contributed by atoms with Gasteiger partial charge in [0.25, 0.3) is 0 Å². The highest BCUT2D eigenvalue weighted by Crippen LogP contribution is 2.28. The van der Waals surface area contributed by atoms with Crippen molar-refractivity contribution in [2.45, 2.75) is 39.0 Å². The van der Waals surface area contributed by atoms with Crippen molar-refractivity contribution in [3.05, 3.63) is 24.3 Å². The third-order valence-electron chi connectivity index (χ3n) is 5.39. The van der Waals surface area contributed by atoms with Gasteiger partial charge < -0.3 is 9.64 Å². The fraction of sp³-hybridized carbons (Fsp3) is 0.619. The van der Waals surface area contributed by atoms with Gasteiger partial charge >= 0.3 is 0 Å². The van der Waals surface area contributed by atoms with E-state index in [9.17, 15) is 9.59 Å². The lowest BCUT2D eigenvalue weighted by Gasteiger charge is -2.36. The van der Waals surface area contributed by atoms with Crippen molar-refractivity contribution < 1.29 is 14.3 Å². The summed E-state index contributed by atoms with van der Waals surface area (Å²) in [6.07, 6.45) is 3.89. The van der Waals surface area contributed by atoms with Crippen molar-refractivity contribution in [1.82, 2.24) is 9.80 Å². The molecule has 0 aromatic heterocycles. The van der Waals surface area contributed by atoms with Gasteiger partial charge in [-0.2, -0.15) is 0 Å². The first-order valence-electron chi connectivity index (χ1n) is 10.2. The first-order chi connectivity index (χ1) is 13.2. The van der Waals surface area contributed by atoms with Gasteiger partial charge in [-0.1, -0.05) is 18.6 Å². The third kappa shape index (κ3) is 5.22. The van der Waals surface area contributed by atoms with Gasteiger partial charge in [0.1, 0.15) is 5.75 Å².